The van der Waals surface area contributed by atoms with Crippen LogP contribution in [-0.4, -0.2) is 45.1 Å². The lowest BCUT2D eigenvalue weighted by molar-refractivity contribution is 0.102. The highest BCUT2D eigenvalue weighted by atomic mass is 32.2. The fourth-order valence-electron chi connectivity index (χ4n) is 3.52. The second-order valence-electron chi connectivity index (χ2n) is 7.34. The first kappa shape index (κ1) is 20.6. The quantitative estimate of drug-likeness (QED) is 0.416. The van der Waals surface area contributed by atoms with Crippen LogP contribution < -0.4 is 5.32 Å². The molecule has 9 nitrogen and oxygen atoms in total. The standard InChI is InChI=1S/C23H18N6O3S/c1-33(31,32)23-25-19(18-13-7-8-14-29(18)23)22(30)24-17-12-6-5-11-16(17)21-26-20(27-28-21)15-9-3-2-4-10-15/h2-14H,1H3,(H,24,30)(H,26,27,28). The first-order chi connectivity index (χ1) is 15.9. The van der Waals surface area contributed by atoms with Crippen molar-refractivity contribution >= 4 is 26.9 Å². The van der Waals surface area contributed by atoms with Crippen molar-refractivity contribution in [3.8, 4) is 22.8 Å². The van der Waals surface area contributed by atoms with E-state index in [1.54, 1.807) is 42.6 Å². The summed E-state index contributed by atoms with van der Waals surface area (Å²) in [6.45, 7) is 0. The largest absolute Gasteiger partial charge is 0.320 e. The fourth-order valence-corrected chi connectivity index (χ4v) is 4.29. The molecule has 0 aliphatic heterocycles. The van der Waals surface area contributed by atoms with Gasteiger partial charge in [-0.25, -0.2) is 18.4 Å². The summed E-state index contributed by atoms with van der Waals surface area (Å²) in [5, 5.41) is 9.84. The SMILES string of the molecule is CS(=O)(=O)c1nc(C(=O)Nc2ccccc2-c2nc(-c3ccccc3)n[nH]2)c2ccccn12. The summed E-state index contributed by atoms with van der Waals surface area (Å²) in [4.78, 5) is 21.8. The molecule has 0 unspecified atom stereocenters. The van der Waals surface area contributed by atoms with Gasteiger partial charge in [-0.15, -0.1) is 0 Å². The number of sulfone groups is 1. The Morgan fingerprint density at radius 1 is 0.939 bits per heavy atom. The van der Waals surface area contributed by atoms with Crippen molar-refractivity contribution in [2.45, 2.75) is 5.16 Å². The van der Waals surface area contributed by atoms with Crippen LogP contribution in [0.25, 0.3) is 28.3 Å². The summed E-state index contributed by atoms with van der Waals surface area (Å²) in [6, 6.07) is 21.7. The van der Waals surface area contributed by atoms with Gasteiger partial charge in [0.2, 0.25) is 15.0 Å². The van der Waals surface area contributed by atoms with Crippen molar-refractivity contribution in [3.05, 3.63) is 84.7 Å². The van der Waals surface area contributed by atoms with Crippen LogP contribution in [0.5, 0.6) is 0 Å². The van der Waals surface area contributed by atoms with Crippen molar-refractivity contribution in [1.82, 2.24) is 24.6 Å². The summed E-state index contributed by atoms with van der Waals surface area (Å²) in [6.07, 6.45) is 2.61. The summed E-state index contributed by atoms with van der Waals surface area (Å²) in [7, 11) is -3.64. The lowest BCUT2D eigenvalue weighted by Gasteiger charge is -2.08. The molecule has 1 amide bonds. The number of aromatic nitrogens is 5. The molecule has 0 saturated carbocycles. The normalized spacial score (nSPS) is 11.5. The topological polar surface area (TPSA) is 122 Å². The van der Waals surface area contributed by atoms with Crippen LogP contribution in [0.1, 0.15) is 10.5 Å². The van der Waals surface area contributed by atoms with Crippen molar-refractivity contribution < 1.29 is 13.2 Å². The number of anilines is 1. The van der Waals surface area contributed by atoms with E-state index >= 15 is 0 Å². The van der Waals surface area contributed by atoms with Crippen molar-refractivity contribution in [1.29, 1.82) is 0 Å². The predicted molar refractivity (Wildman–Crippen MR) is 124 cm³/mol. The van der Waals surface area contributed by atoms with E-state index in [1.165, 1.54) is 4.40 Å². The number of hydrogen-bond donors (Lipinski definition) is 2. The van der Waals surface area contributed by atoms with E-state index in [9.17, 15) is 13.2 Å². The van der Waals surface area contributed by atoms with Gasteiger partial charge in [0.05, 0.1) is 11.2 Å². The Labute approximate surface area is 189 Å². The molecule has 5 aromatic rings. The zero-order chi connectivity index (χ0) is 23.0. The lowest BCUT2D eigenvalue weighted by Crippen LogP contribution is -2.14. The highest BCUT2D eigenvalue weighted by molar-refractivity contribution is 7.90. The van der Waals surface area contributed by atoms with Crippen LogP contribution in [0.2, 0.25) is 0 Å². The van der Waals surface area contributed by atoms with Crippen LogP contribution in [-0.2, 0) is 9.84 Å². The predicted octanol–water partition coefficient (Wildman–Crippen LogP) is 3.44. The Balaban J connectivity index is 1.51. The van der Waals surface area contributed by atoms with Gasteiger partial charge < -0.3 is 5.32 Å². The molecule has 0 saturated heterocycles. The van der Waals surface area contributed by atoms with Crippen molar-refractivity contribution in [3.63, 3.8) is 0 Å². The smallest absolute Gasteiger partial charge is 0.276 e. The molecule has 10 heteroatoms. The number of H-pyrrole nitrogens is 1. The molecule has 164 valence electrons. The third kappa shape index (κ3) is 3.87. The molecule has 0 radical (unpaired) electrons. The molecule has 33 heavy (non-hydrogen) atoms. The second kappa shape index (κ2) is 7.99. The number of benzene rings is 2. The average Bonchev–Trinajstić information content (AvgIpc) is 3.45. The zero-order valence-electron chi connectivity index (χ0n) is 17.4. The molecular formula is C23H18N6O3S. The minimum atomic E-state index is -3.64. The third-order valence-electron chi connectivity index (χ3n) is 5.01. The van der Waals surface area contributed by atoms with Gasteiger partial charge in [-0.05, 0) is 24.3 Å². The Morgan fingerprint density at radius 2 is 1.67 bits per heavy atom. The number of rotatable bonds is 5. The van der Waals surface area contributed by atoms with E-state index in [0.717, 1.165) is 11.8 Å². The van der Waals surface area contributed by atoms with Gasteiger partial charge in [-0.2, -0.15) is 5.10 Å². The molecular weight excluding hydrogens is 440 g/mol. The summed E-state index contributed by atoms with van der Waals surface area (Å²) < 4.78 is 25.7. The van der Waals surface area contributed by atoms with Gasteiger partial charge in [0, 0.05) is 23.6 Å². The van der Waals surface area contributed by atoms with E-state index in [4.69, 9.17) is 0 Å². The maximum Gasteiger partial charge on any atom is 0.276 e. The minimum absolute atomic E-state index is 0.00775. The lowest BCUT2D eigenvalue weighted by atomic mass is 10.1. The molecule has 0 aliphatic rings. The first-order valence-corrected chi connectivity index (χ1v) is 11.9. The van der Waals surface area contributed by atoms with E-state index in [1.807, 2.05) is 36.4 Å². The number of imidazole rings is 1. The highest BCUT2D eigenvalue weighted by Gasteiger charge is 2.23. The Bertz CT molecular complexity index is 1590. The molecule has 0 atom stereocenters. The second-order valence-corrected chi connectivity index (χ2v) is 9.25. The highest BCUT2D eigenvalue weighted by Crippen LogP contribution is 2.28. The Morgan fingerprint density at radius 3 is 2.45 bits per heavy atom. The number of carbonyl (C=O) groups is 1. The summed E-state index contributed by atoms with van der Waals surface area (Å²) in [5.74, 6) is 0.477. The maximum absolute atomic E-state index is 13.2. The number of pyridine rings is 1. The zero-order valence-corrected chi connectivity index (χ0v) is 18.2. The summed E-state index contributed by atoms with van der Waals surface area (Å²) in [5.41, 5.74) is 2.37. The van der Waals surface area contributed by atoms with Crippen LogP contribution in [0.15, 0.2) is 84.1 Å². The van der Waals surface area contributed by atoms with Crippen LogP contribution >= 0.6 is 0 Å². The molecule has 0 bridgehead atoms. The maximum atomic E-state index is 13.2. The number of fused-ring (bicyclic) bond motifs is 1. The van der Waals surface area contributed by atoms with E-state index < -0.39 is 15.7 Å². The Hall–Kier alpha value is -4.31. The fraction of sp³-hybridized carbons (Fsp3) is 0.0435. The van der Waals surface area contributed by atoms with Crippen molar-refractivity contribution in [2.24, 2.45) is 0 Å². The number of nitrogens with one attached hydrogen (secondary N) is 2. The average molecular weight is 459 g/mol. The van der Waals surface area contributed by atoms with E-state index in [0.29, 0.717) is 28.4 Å². The molecule has 0 spiro atoms. The van der Waals surface area contributed by atoms with Crippen LogP contribution in [0, 0.1) is 0 Å². The Kier molecular flexibility index (Phi) is 4.98. The molecule has 0 fully saturated rings. The number of amides is 1. The van der Waals surface area contributed by atoms with Gasteiger partial charge in [-0.3, -0.25) is 14.3 Å². The van der Waals surface area contributed by atoms with Gasteiger partial charge >= 0.3 is 0 Å². The van der Waals surface area contributed by atoms with Gasteiger partial charge in [0.25, 0.3) is 5.91 Å². The van der Waals surface area contributed by atoms with E-state index in [2.05, 4.69) is 25.5 Å². The number of nitrogens with zero attached hydrogens (tertiary/aromatic N) is 4. The number of para-hydroxylation sites is 1. The first-order valence-electron chi connectivity index (χ1n) is 9.97. The van der Waals surface area contributed by atoms with Crippen LogP contribution in [0.4, 0.5) is 5.69 Å². The van der Waals surface area contributed by atoms with Gasteiger partial charge in [0.1, 0.15) is 0 Å². The summed E-state index contributed by atoms with van der Waals surface area (Å²) >= 11 is 0. The molecule has 2 N–H and O–H groups in total. The monoisotopic (exact) mass is 458 g/mol. The molecule has 3 heterocycles. The van der Waals surface area contributed by atoms with Crippen molar-refractivity contribution in [2.75, 3.05) is 11.6 Å². The third-order valence-corrected chi connectivity index (χ3v) is 5.96. The molecule has 3 aromatic heterocycles. The molecule has 0 aliphatic carbocycles. The number of aromatic amines is 1. The number of hydrogen-bond acceptors (Lipinski definition) is 6. The van der Waals surface area contributed by atoms with Crippen LogP contribution in [0.3, 0.4) is 0 Å². The molecule has 5 rings (SSSR count). The molecule has 2 aromatic carbocycles. The minimum Gasteiger partial charge on any atom is -0.320 e. The van der Waals surface area contributed by atoms with E-state index in [-0.39, 0.29) is 10.9 Å². The number of carbonyl (C=O) groups excluding carboxylic acids is 1. The van der Waals surface area contributed by atoms with Gasteiger partial charge in [0.15, 0.2) is 17.3 Å². The van der Waals surface area contributed by atoms with Gasteiger partial charge in [-0.1, -0.05) is 48.5 Å².